The van der Waals surface area contributed by atoms with Crippen molar-refractivity contribution in [2.24, 2.45) is 5.73 Å². The van der Waals surface area contributed by atoms with E-state index in [4.69, 9.17) is 10.5 Å². The van der Waals surface area contributed by atoms with E-state index >= 15 is 0 Å². The molecule has 0 fully saturated rings. The van der Waals surface area contributed by atoms with Crippen LogP contribution in [0.5, 0.6) is 0 Å². The number of carbonyl (C=O) groups is 1. The smallest absolute Gasteiger partial charge is 0.330 e. The molecule has 108 valence electrons. The van der Waals surface area contributed by atoms with Crippen LogP contribution in [0.2, 0.25) is 0 Å². The van der Waals surface area contributed by atoms with Gasteiger partial charge >= 0.3 is 5.97 Å². The lowest BCUT2D eigenvalue weighted by atomic mass is 9.98. The van der Waals surface area contributed by atoms with Gasteiger partial charge in [-0.05, 0) is 31.5 Å². The Balaban J connectivity index is 2.01. The van der Waals surface area contributed by atoms with Crippen LogP contribution < -0.4 is 10.6 Å². The number of para-hydroxylation sites is 1. The van der Waals surface area contributed by atoms with Gasteiger partial charge in [0.25, 0.3) is 0 Å². The molecule has 20 heavy (non-hydrogen) atoms. The van der Waals surface area contributed by atoms with Gasteiger partial charge in [0.05, 0.1) is 6.61 Å². The summed E-state index contributed by atoms with van der Waals surface area (Å²) in [6, 6.07) is 8.42. The Labute approximate surface area is 120 Å². The number of esters is 1. The van der Waals surface area contributed by atoms with E-state index in [1.807, 2.05) is 12.1 Å². The molecule has 0 aliphatic carbocycles. The van der Waals surface area contributed by atoms with Crippen molar-refractivity contribution >= 4 is 11.7 Å². The van der Waals surface area contributed by atoms with E-state index in [-0.39, 0.29) is 5.97 Å². The molecular weight excluding hydrogens is 252 g/mol. The van der Waals surface area contributed by atoms with Crippen LogP contribution >= 0.6 is 0 Å². The Bertz CT molecular complexity index is 485. The van der Waals surface area contributed by atoms with E-state index < -0.39 is 0 Å². The van der Waals surface area contributed by atoms with Crippen molar-refractivity contribution in [3.05, 3.63) is 42.0 Å². The predicted octanol–water partition coefficient (Wildman–Crippen LogP) is 2.06. The monoisotopic (exact) mass is 274 g/mol. The zero-order chi connectivity index (χ0) is 14.4. The predicted molar refractivity (Wildman–Crippen MR) is 80.8 cm³/mol. The fourth-order valence-corrected chi connectivity index (χ4v) is 2.67. The molecule has 1 unspecified atom stereocenters. The van der Waals surface area contributed by atoms with Crippen molar-refractivity contribution < 1.29 is 9.53 Å². The minimum absolute atomic E-state index is 0.279. The van der Waals surface area contributed by atoms with Crippen LogP contribution in [0.15, 0.2) is 36.4 Å². The molecule has 0 saturated carbocycles. The quantitative estimate of drug-likeness (QED) is 0.637. The topological polar surface area (TPSA) is 55.6 Å². The molecule has 1 aromatic carbocycles. The van der Waals surface area contributed by atoms with E-state index in [0.717, 1.165) is 19.5 Å². The van der Waals surface area contributed by atoms with Gasteiger partial charge in [0.15, 0.2) is 0 Å². The van der Waals surface area contributed by atoms with Crippen molar-refractivity contribution in [1.82, 2.24) is 0 Å². The number of benzene rings is 1. The highest BCUT2D eigenvalue weighted by Crippen LogP contribution is 2.37. The van der Waals surface area contributed by atoms with Crippen LogP contribution in [-0.4, -0.2) is 32.2 Å². The molecule has 0 amide bonds. The summed E-state index contributed by atoms with van der Waals surface area (Å²) in [5.41, 5.74) is 8.30. The molecule has 0 aromatic heterocycles. The normalized spacial score (nSPS) is 17.5. The van der Waals surface area contributed by atoms with Gasteiger partial charge in [-0.15, -0.1) is 0 Å². The number of ether oxygens (including phenoxy) is 1. The van der Waals surface area contributed by atoms with Crippen molar-refractivity contribution in [3.63, 3.8) is 0 Å². The third-order valence-electron chi connectivity index (χ3n) is 3.54. The summed E-state index contributed by atoms with van der Waals surface area (Å²) in [5, 5.41) is 0. The van der Waals surface area contributed by atoms with Gasteiger partial charge in [0.1, 0.15) is 0 Å². The van der Waals surface area contributed by atoms with Gasteiger partial charge in [0, 0.05) is 30.8 Å². The molecule has 0 radical (unpaired) electrons. The number of anilines is 1. The van der Waals surface area contributed by atoms with Gasteiger partial charge in [0.2, 0.25) is 0 Å². The second kappa shape index (κ2) is 7.10. The minimum Gasteiger partial charge on any atom is -0.463 e. The summed E-state index contributed by atoms with van der Waals surface area (Å²) in [6.45, 7) is 4.60. The molecule has 0 spiro atoms. The van der Waals surface area contributed by atoms with E-state index in [1.165, 1.54) is 17.3 Å². The average molecular weight is 274 g/mol. The highest BCUT2D eigenvalue weighted by atomic mass is 16.5. The van der Waals surface area contributed by atoms with Gasteiger partial charge < -0.3 is 15.4 Å². The minimum atomic E-state index is -0.279. The Kier molecular flexibility index (Phi) is 5.18. The van der Waals surface area contributed by atoms with Crippen LogP contribution in [0.1, 0.15) is 24.8 Å². The first-order valence-corrected chi connectivity index (χ1v) is 7.13. The maximum atomic E-state index is 11.3. The molecule has 2 rings (SSSR count). The van der Waals surface area contributed by atoms with Gasteiger partial charge in [-0.25, -0.2) is 4.79 Å². The van der Waals surface area contributed by atoms with Gasteiger partial charge in [-0.1, -0.05) is 24.3 Å². The molecule has 1 aromatic rings. The van der Waals surface area contributed by atoms with Crippen molar-refractivity contribution in [2.75, 3.05) is 31.1 Å². The number of carbonyl (C=O) groups excluding carboxylic acids is 1. The molecule has 1 aliphatic rings. The first-order valence-electron chi connectivity index (χ1n) is 7.13. The largest absolute Gasteiger partial charge is 0.463 e. The van der Waals surface area contributed by atoms with E-state index in [9.17, 15) is 4.79 Å². The summed E-state index contributed by atoms with van der Waals surface area (Å²) in [7, 11) is 0. The van der Waals surface area contributed by atoms with Crippen LogP contribution in [0.4, 0.5) is 5.69 Å². The molecule has 4 heteroatoms. The van der Waals surface area contributed by atoms with Crippen LogP contribution in [0.3, 0.4) is 0 Å². The number of hydrogen-bond donors (Lipinski definition) is 1. The first kappa shape index (κ1) is 14.6. The Morgan fingerprint density at radius 3 is 3.05 bits per heavy atom. The number of nitrogens with two attached hydrogens (primary N) is 1. The zero-order valence-corrected chi connectivity index (χ0v) is 11.9. The van der Waals surface area contributed by atoms with E-state index in [2.05, 4.69) is 23.1 Å². The molecule has 1 heterocycles. The number of nitrogens with zero attached hydrogens (tertiary/aromatic N) is 1. The summed E-state index contributed by atoms with van der Waals surface area (Å²) in [4.78, 5) is 13.6. The number of rotatable bonds is 6. The number of fused-ring (bicyclic) bond motifs is 1. The van der Waals surface area contributed by atoms with Crippen LogP contribution in [-0.2, 0) is 9.53 Å². The van der Waals surface area contributed by atoms with Gasteiger partial charge in [-0.3, -0.25) is 0 Å². The Morgan fingerprint density at radius 1 is 1.50 bits per heavy atom. The fraction of sp³-hybridized carbons (Fsp3) is 0.438. The molecule has 4 nitrogen and oxygen atoms in total. The Morgan fingerprint density at radius 2 is 2.30 bits per heavy atom. The van der Waals surface area contributed by atoms with Crippen molar-refractivity contribution in [2.45, 2.75) is 19.3 Å². The van der Waals surface area contributed by atoms with E-state index in [1.54, 1.807) is 6.92 Å². The summed E-state index contributed by atoms with van der Waals surface area (Å²) < 4.78 is 4.87. The Hall–Kier alpha value is -1.81. The SMILES string of the molecule is CCOC(=O)/C=C/CN1CC(CCN)c2ccccc21. The molecule has 1 aliphatic heterocycles. The standard InChI is InChI=1S/C16H22N2O2/c1-2-20-16(19)8-5-11-18-12-13(9-10-17)14-6-3-4-7-15(14)18/h3-8,13H,2,9-12,17H2,1H3/b8-5+. The van der Waals surface area contributed by atoms with Crippen LogP contribution in [0, 0.1) is 0 Å². The second-order valence-corrected chi connectivity index (χ2v) is 4.89. The zero-order valence-electron chi connectivity index (χ0n) is 11.9. The van der Waals surface area contributed by atoms with Crippen molar-refractivity contribution in [1.29, 1.82) is 0 Å². The molecule has 0 saturated heterocycles. The summed E-state index contributed by atoms with van der Waals surface area (Å²) in [5.74, 6) is 0.214. The maximum Gasteiger partial charge on any atom is 0.330 e. The molecule has 2 N–H and O–H groups in total. The lowest BCUT2D eigenvalue weighted by Crippen LogP contribution is -2.22. The third kappa shape index (κ3) is 3.39. The van der Waals surface area contributed by atoms with Gasteiger partial charge in [-0.2, -0.15) is 0 Å². The molecule has 0 bridgehead atoms. The first-order chi connectivity index (χ1) is 9.76. The summed E-state index contributed by atoms with van der Waals surface area (Å²) in [6.07, 6.45) is 4.36. The average Bonchev–Trinajstić information content (AvgIpc) is 2.79. The maximum absolute atomic E-state index is 11.3. The third-order valence-corrected chi connectivity index (χ3v) is 3.54. The lowest BCUT2D eigenvalue weighted by molar-refractivity contribution is -0.137. The second-order valence-electron chi connectivity index (χ2n) is 4.89. The number of hydrogen-bond acceptors (Lipinski definition) is 4. The highest BCUT2D eigenvalue weighted by Gasteiger charge is 2.26. The van der Waals surface area contributed by atoms with E-state index in [0.29, 0.717) is 19.1 Å². The van der Waals surface area contributed by atoms with Crippen LogP contribution in [0.25, 0.3) is 0 Å². The fourth-order valence-electron chi connectivity index (χ4n) is 2.67. The lowest BCUT2D eigenvalue weighted by Gasteiger charge is -2.17. The summed E-state index contributed by atoms with van der Waals surface area (Å²) >= 11 is 0. The van der Waals surface area contributed by atoms with Crippen molar-refractivity contribution in [3.8, 4) is 0 Å². The molecule has 1 atom stereocenters. The molecular formula is C16H22N2O2. The highest BCUT2D eigenvalue weighted by molar-refractivity contribution is 5.82.